The third kappa shape index (κ3) is 9.26. The van der Waals surface area contributed by atoms with Crippen LogP contribution in [-0.4, -0.2) is 74.7 Å². The maximum atomic E-state index is 4.99. The van der Waals surface area contributed by atoms with Gasteiger partial charge in [0.05, 0.1) is 6.54 Å². The monoisotopic (exact) mass is 543 g/mol. The van der Waals surface area contributed by atoms with E-state index in [0.717, 1.165) is 38.4 Å². The standard InChI is InChI=1S/C25H45N5.HI/c1-5-25(6-2,23-14-10-9-11-15-23)22-28-24(26-7-3)27-16-12-13-17-30-20-18-29(8-4)19-21-30;/h9-11,14-15H,5-8,12-13,16-22H2,1-4H3,(H2,26,27,28);1H. The predicted molar refractivity (Wildman–Crippen MR) is 146 cm³/mol. The first kappa shape index (κ1) is 28.2. The van der Waals surface area contributed by atoms with Crippen LogP contribution < -0.4 is 10.6 Å². The lowest BCUT2D eigenvalue weighted by molar-refractivity contribution is 0.136. The number of hydrogen-bond acceptors (Lipinski definition) is 3. The largest absolute Gasteiger partial charge is 0.357 e. The summed E-state index contributed by atoms with van der Waals surface area (Å²) in [4.78, 5) is 10.1. The fraction of sp³-hybridized carbons (Fsp3) is 0.720. The molecule has 0 unspecified atom stereocenters. The van der Waals surface area contributed by atoms with Gasteiger partial charge in [0.25, 0.3) is 0 Å². The second-order valence-corrected chi connectivity index (χ2v) is 8.46. The molecule has 2 N–H and O–H groups in total. The van der Waals surface area contributed by atoms with Crippen molar-refractivity contribution >= 4 is 29.9 Å². The molecule has 0 atom stereocenters. The summed E-state index contributed by atoms with van der Waals surface area (Å²) < 4.78 is 0. The number of rotatable bonds is 12. The number of likely N-dealkylation sites (N-methyl/N-ethyl adjacent to an activating group) is 1. The van der Waals surface area contributed by atoms with Crippen molar-refractivity contribution in [3.8, 4) is 0 Å². The summed E-state index contributed by atoms with van der Waals surface area (Å²) in [6.07, 6.45) is 4.63. The highest BCUT2D eigenvalue weighted by Gasteiger charge is 2.28. The Balaban J connectivity index is 0.00000480. The second-order valence-electron chi connectivity index (χ2n) is 8.46. The van der Waals surface area contributed by atoms with E-state index in [1.165, 1.54) is 57.7 Å². The SMILES string of the molecule is CCNC(=NCC(CC)(CC)c1ccccc1)NCCCCN1CCN(CC)CC1.I. The molecule has 0 spiro atoms. The number of halogens is 1. The van der Waals surface area contributed by atoms with Crippen LogP contribution in [0.4, 0.5) is 0 Å². The normalized spacial score (nSPS) is 16.1. The van der Waals surface area contributed by atoms with Crippen LogP contribution >= 0.6 is 24.0 Å². The zero-order valence-electron chi connectivity index (χ0n) is 20.3. The van der Waals surface area contributed by atoms with E-state index < -0.39 is 0 Å². The van der Waals surface area contributed by atoms with Gasteiger partial charge in [-0.25, -0.2) is 0 Å². The summed E-state index contributed by atoms with van der Waals surface area (Å²) in [5.74, 6) is 0.955. The molecule has 1 aromatic rings. The number of benzene rings is 1. The molecule has 0 aliphatic carbocycles. The van der Waals surface area contributed by atoms with Crippen molar-refractivity contribution in [2.75, 3.05) is 58.9 Å². The average molecular weight is 544 g/mol. The predicted octanol–water partition coefficient (Wildman–Crippen LogP) is 4.34. The molecule has 0 saturated carbocycles. The molecular weight excluding hydrogens is 497 g/mol. The third-order valence-electron chi connectivity index (χ3n) is 6.73. The van der Waals surface area contributed by atoms with Crippen molar-refractivity contribution in [3.05, 3.63) is 35.9 Å². The van der Waals surface area contributed by atoms with E-state index in [-0.39, 0.29) is 29.4 Å². The highest BCUT2D eigenvalue weighted by Crippen LogP contribution is 2.31. The summed E-state index contributed by atoms with van der Waals surface area (Å²) in [6, 6.07) is 10.9. The lowest BCUT2D eigenvalue weighted by Gasteiger charge is -2.34. The molecule has 0 aromatic heterocycles. The van der Waals surface area contributed by atoms with Gasteiger partial charge in [-0.2, -0.15) is 0 Å². The Kier molecular flexibility index (Phi) is 14.4. The summed E-state index contributed by atoms with van der Waals surface area (Å²) in [7, 11) is 0. The molecule has 1 fully saturated rings. The maximum absolute atomic E-state index is 4.99. The van der Waals surface area contributed by atoms with Gasteiger partial charge in [0.1, 0.15) is 0 Å². The van der Waals surface area contributed by atoms with E-state index in [9.17, 15) is 0 Å². The topological polar surface area (TPSA) is 42.9 Å². The minimum absolute atomic E-state index is 0. The summed E-state index contributed by atoms with van der Waals surface area (Å²) in [5.41, 5.74) is 1.52. The van der Waals surface area contributed by atoms with Gasteiger partial charge >= 0.3 is 0 Å². The Morgan fingerprint density at radius 3 is 2.13 bits per heavy atom. The van der Waals surface area contributed by atoms with Crippen molar-refractivity contribution < 1.29 is 0 Å². The minimum atomic E-state index is 0. The van der Waals surface area contributed by atoms with Crippen molar-refractivity contribution in [1.82, 2.24) is 20.4 Å². The summed E-state index contributed by atoms with van der Waals surface area (Å²) in [6.45, 7) is 19.0. The Bertz CT molecular complexity index is 595. The molecule has 1 saturated heterocycles. The van der Waals surface area contributed by atoms with Gasteiger partial charge in [-0.05, 0) is 51.3 Å². The minimum Gasteiger partial charge on any atom is -0.357 e. The van der Waals surface area contributed by atoms with E-state index >= 15 is 0 Å². The first-order valence-corrected chi connectivity index (χ1v) is 12.2. The fourth-order valence-electron chi connectivity index (χ4n) is 4.33. The van der Waals surface area contributed by atoms with Crippen LogP contribution in [0, 0.1) is 0 Å². The van der Waals surface area contributed by atoms with Crippen LogP contribution in [0.5, 0.6) is 0 Å². The van der Waals surface area contributed by atoms with Gasteiger partial charge in [0.15, 0.2) is 5.96 Å². The van der Waals surface area contributed by atoms with Gasteiger partial charge < -0.3 is 20.4 Å². The fourth-order valence-corrected chi connectivity index (χ4v) is 4.33. The molecule has 1 aliphatic heterocycles. The van der Waals surface area contributed by atoms with Gasteiger partial charge in [-0.15, -0.1) is 24.0 Å². The van der Waals surface area contributed by atoms with Crippen LogP contribution in [0.25, 0.3) is 0 Å². The molecule has 1 aliphatic rings. The number of nitrogens with one attached hydrogen (secondary N) is 2. The summed E-state index contributed by atoms with van der Waals surface area (Å²) >= 11 is 0. The van der Waals surface area contributed by atoms with Gasteiger partial charge in [-0.1, -0.05) is 51.1 Å². The third-order valence-corrected chi connectivity index (χ3v) is 6.73. The molecule has 178 valence electrons. The lowest BCUT2D eigenvalue weighted by atomic mass is 9.76. The molecular formula is C25H46IN5. The van der Waals surface area contributed by atoms with Gasteiger partial charge in [0.2, 0.25) is 0 Å². The van der Waals surface area contributed by atoms with E-state index in [1.54, 1.807) is 0 Å². The van der Waals surface area contributed by atoms with Crippen molar-refractivity contribution in [1.29, 1.82) is 0 Å². The van der Waals surface area contributed by atoms with Crippen LogP contribution in [0.3, 0.4) is 0 Å². The number of piperazine rings is 1. The zero-order chi connectivity index (χ0) is 21.7. The molecule has 0 radical (unpaired) electrons. The highest BCUT2D eigenvalue weighted by atomic mass is 127. The Morgan fingerprint density at radius 2 is 1.55 bits per heavy atom. The number of guanidine groups is 1. The number of aliphatic imine (C=N–C) groups is 1. The number of hydrogen-bond donors (Lipinski definition) is 2. The highest BCUT2D eigenvalue weighted by molar-refractivity contribution is 14.0. The Labute approximate surface area is 208 Å². The molecule has 1 heterocycles. The molecule has 5 nitrogen and oxygen atoms in total. The van der Waals surface area contributed by atoms with Crippen molar-refractivity contribution in [3.63, 3.8) is 0 Å². The van der Waals surface area contributed by atoms with Crippen molar-refractivity contribution in [2.24, 2.45) is 4.99 Å². The average Bonchev–Trinajstić information content (AvgIpc) is 2.80. The zero-order valence-corrected chi connectivity index (χ0v) is 22.7. The van der Waals surface area contributed by atoms with Crippen LogP contribution in [-0.2, 0) is 5.41 Å². The first-order chi connectivity index (χ1) is 14.7. The van der Waals surface area contributed by atoms with Crippen LogP contribution in [0.15, 0.2) is 35.3 Å². The Morgan fingerprint density at radius 1 is 0.903 bits per heavy atom. The van der Waals surface area contributed by atoms with Crippen LogP contribution in [0.1, 0.15) is 58.9 Å². The van der Waals surface area contributed by atoms with Crippen LogP contribution in [0.2, 0.25) is 0 Å². The van der Waals surface area contributed by atoms with E-state index in [4.69, 9.17) is 4.99 Å². The molecule has 2 rings (SSSR count). The lowest BCUT2D eigenvalue weighted by Crippen LogP contribution is -2.46. The molecule has 0 bridgehead atoms. The van der Waals surface area contributed by atoms with Crippen molar-refractivity contribution in [2.45, 2.75) is 58.8 Å². The Hall–Kier alpha value is -0.860. The second kappa shape index (κ2) is 15.9. The van der Waals surface area contributed by atoms with Gasteiger partial charge in [-0.3, -0.25) is 4.99 Å². The quantitative estimate of drug-likeness (QED) is 0.178. The molecule has 0 amide bonds. The summed E-state index contributed by atoms with van der Waals surface area (Å²) in [5, 5.41) is 6.99. The smallest absolute Gasteiger partial charge is 0.191 e. The molecule has 1 aromatic carbocycles. The molecule has 6 heteroatoms. The molecule has 31 heavy (non-hydrogen) atoms. The number of nitrogens with zero attached hydrogens (tertiary/aromatic N) is 3. The van der Waals surface area contributed by atoms with E-state index in [2.05, 4.69) is 78.5 Å². The number of unbranched alkanes of at least 4 members (excludes halogenated alkanes) is 1. The van der Waals surface area contributed by atoms with E-state index in [0.29, 0.717) is 0 Å². The first-order valence-electron chi connectivity index (χ1n) is 12.2. The maximum Gasteiger partial charge on any atom is 0.191 e. The van der Waals surface area contributed by atoms with E-state index in [1.807, 2.05) is 0 Å². The van der Waals surface area contributed by atoms with Gasteiger partial charge in [0, 0.05) is 44.7 Å².